The molecule has 4 nitrogen and oxygen atoms in total. The summed E-state index contributed by atoms with van der Waals surface area (Å²) in [6.07, 6.45) is 0. The van der Waals surface area contributed by atoms with Crippen molar-refractivity contribution >= 4 is 51.1 Å². The number of anilines is 2. The second-order valence-electron chi connectivity index (χ2n) is 6.93. The van der Waals surface area contributed by atoms with Gasteiger partial charge in [-0.1, -0.05) is 54.1 Å². The molecule has 3 aromatic carbocycles. The van der Waals surface area contributed by atoms with Crippen LogP contribution < -0.4 is 10.6 Å². The maximum absolute atomic E-state index is 5.94. The lowest BCUT2D eigenvalue weighted by atomic mass is 10.0. The summed E-state index contributed by atoms with van der Waals surface area (Å²) in [6, 6.07) is 22.2. The lowest BCUT2D eigenvalue weighted by Gasteiger charge is -2.12. The lowest BCUT2D eigenvalue weighted by Crippen LogP contribution is -2.20. The first-order valence-electron chi connectivity index (χ1n) is 9.35. The Morgan fingerprint density at radius 2 is 1.69 bits per heavy atom. The third-order valence-corrected chi connectivity index (χ3v) is 5.38. The summed E-state index contributed by atoms with van der Waals surface area (Å²) in [7, 11) is 0. The van der Waals surface area contributed by atoms with E-state index in [1.807, 2.05) is 35.9 Å². The lowest BCUT2D eigenvalue weighted by molar-refractivity contribution is 0.662. The second-order valence-corrected chi connectivity index (χ2v) is 7.77. The Kier molecular flexibility index (Phi) is 5.51. The van der Waals surface area contributed by atoms with Gasteiger partial charge in [0, 0.05) is 10.7 Å². The molecule has 0 fully saturated rings. The molecule has 0 aliphatic heterocycles. The van der Waals surface area contributed by atoms with Crippen LogP contribution in [0.1, 0.15) is 17.0 Å². The molecule has 0 unspecified atom stereocenters. The number of hydrogen-bond acceptors (Lipinski definition) is 2. The van der Waals surface area contributed by atoms with Gasteiger partial charge in [0.15, 0.2) is 5.11 Å². The smallest absolute Gasteiger partial charge is 0.175 e. The molecule has 0 saturated heterocycles. The van der Waals surface area contributed by atoms with Crippen LogP contribution in [-0.2, 0) is 6.54 Å². The molecule has 0 atom stereocenters. The topological polar surface area (TPSA) is 41.9 Å². The minimum atomic E-state index is 0.517. The molecule has 29 heavy (non-hydrogen) atoms. The van der Waals surface area contributed by atoms with E-state index in [0.29, 0.717) is 16.7 Å². The second kappa shape index (κ2) is 8.23. The zero-order valence-corrected chi connectivity index (χ0v) is 17.8. The van der Waals surface area contributed by atoms with Crippen LogP contribution in [-0.4, -0.2) is 14.9 Å². The van der Waals surface area contributed by atoms with Crippen LogP contribution in [0.2, 0.25) is 5.02 Å². The zero-order chi connectivity index (χ0) is 20.4. The van der Waals surface area contributed by atoms with Crippen molar-refractivity contribution in [2.24, 2.45) is 0 Å². The van der Waals surface area contributed by atoms with Crippen LogP contribution in [0.3, 0.4) is 0 Å². The van der Waals surface area contributed by atoms with Gasteiger partial charge in [0.25, 0.3) is 0 Å². The molecule has 146 valence electrons. The highest BCUT2D eigenvalue weighted by molar-refractivity contribution is 7.80. The first-order chi connectivity index (χ1) is 14.0. The van der Waals surface area contributed by atoms with Crippen LogP contribution in [0.5, 0.6) is 0 Å². The highest BCUT2D eigenvalue weighted by atomic mass is 35.5. The van der Waals surface area contributed by atoms with E-state index < -0.39 is 0 Å². The molecule has 4 rings (SSSR count). The third kappa shape index (κ3) is 4.26. The summed E-state index contributed by atoms with van der Waals surface area (Å²) >= 11 is 11.4. The summed E-state index contributed by atoms with van der Waals surface area (Å²) in [5, 5.41) is 14.9. The average Bonchev–Trinajstić information content (AvgIpc) is 2.97. The Morgan fingerprint density at radius 3 is 2.48 bits per heavy atom. The molecule has 2 N–H and O–H groups in total. The highest BCUT2D eigenvalue weighted by Crippen LogP contribution is 2.24. The van der Waals surface area contributed by atoms with Crippen molar-refractivity contribution in [1.82, 2.24) is 9.78 Å². The average molecular weight is 421 g/mol. The summed E-state index contributed by atoms with van der Waals surface area (Å²) in [4.78, 5) is 0. The fourth-order valence-corrected chi connectivity index (χ4v) is 3.78. The zero-order valence-electron chi connectivity index (χ0n) is 16.2. The maximum Gasteiger partial charge on any atom is 0.175 e. The van der Waals surface area contributed by atoms with E-state index in [9.17, 15) is 0 Å². The molecule has 0 spiro atoms. The summed E-state index contributed by atoms with van der Waals surface area (Å²) in [5.74, 6) is 0. The van der Waals surface area contributed by atoms with Gasteiger partial charge in [-0.15, -0.1) is 0 Å². The first-order valence-corrected chi connectivity index (χ1v) is 10.1. The Morgan fingerprint density at radius 1 is 0.966 bits per heavy atom. The minimum Gasteiger partial charge on any atom is -0.332 e. The van der Waals surface area contributed by atoms with Gasteiger partial charge in [-0.3, -0.25) is 4.68 Å². The monoisotopic (exact) mass is 420 g/mol. The number of rotatable bonds is 4. The molecule has 0 amide bonds. The van der Waals surface area contributed by atoms with Crippen LogP contribution in [0.25, 0.3) is 10.8 Å². The van der Waals surface area contributed by atoms with Crippen molar-refractivity contribution < 1.29 is 0 Å². The number of hydrogen-bond donors (Lipinski definition) is 2. The van der Waals surface area contributed by atoms with Gasteiger partial charge in [-0.25, -0.2) is 0 Å². The predicted octanol–water partition coefficient (Wildman–Crippen LogP) is 6.16. The standard InChI is InChI=1S/C23H21ClN4S/c1-15-22(26-23(29)25-20-12-10-19(24)11-13-20)16(2)28(27-15)14-18-8-5-7-17-6-3-4-9-21(17)18/h3-13H,14H2,1-2H3,(H2,25,26,29). The number of benzene rings is 3. The van der Waals surface area contributed by atoms with Crippen LogP contribution in [0.15, 0.2) is 66.7 Å². The van der Waals surface area contributed by atoms with E-state index in [0.717, 1.165) is 22.8 Å². The fourth-order valence-electron chi connectivity index (χ4n) is 3.43. The van der Waals surface area contributed by atoms with Crippen molar-refractivity contribution in [3.05, 3.63) is 88.7 Å². The van der Waals surface area contributed by atoms with Gasteiger partial charge in [-0.2, -0.15) is 5.10 Å². The van der Waals surface area contributed by atoms with E-state index in [1.165, 1.54) is 16.3 Å². The Labute approximate surface area is 180 Å². The van der Waals surface area contributed by atoms with E-state index in [1.54, 1.807) is 0 Å². The van der Waals surface area contributed by atoms with E-state index in [2.05, 4.69) is 60.0 Å². The number of fused-ring (bicyclic) bond motifs is 1. The Bertz CT molecular complexity index is 1180. The van der Waals surface area contributed by atoms with Gasteiger partial charge < -0.3 is 10.6 Å². The van der Waals surface area contributed by atoms with Crippen LogP contribution >= 0.6 is 23.8 Å². The maximum atomic E-state index is 5.94. The SMILES string of the molecule is Cc1nn(Cc2cccc3ccccc23)c(C)c1NC(=S)Nc1ccc(Cl)cc1. The van der Waals surface area contributed by atoms with Crippen LogP contribution in [0, 0.1) is 13.8 Å². The molecular formula is C23H21ClN4S. The molecule has 0 aliphatic rings. The molecule has 0 bridgehead atoms. The summed E-state index contributed by atoms with van der Waals surface area (Å²) in [5.41, 5.74) is 4.99. The van der Waals surface area contributed by atoms with E-state index >= 15 is 0 Å². The molecule has 4 aromatic rings. The van der Waals surface area contributed by atoms with Crippen molar-refractivity contribution in [1.29, 1.82) is 0 Å². The number of nitrogens with one attached hydrogen (secondary N) is 2. The molecule has 0 saturated carbocycles. The van der Waals surface area contributed by atoms with E-state index in [4.69, 9.17) is 28.9 Å². The number of nitrogens with zero attached hydrogens (tertiary/aromatic N) is 2. The minimum absolute atomic E-state index is 0.517. The molecule has 0 radical (unpaired) electrons. The number of thiocarbonyl (C=S) groups is 1. The van der Waals surface area contributed by atoms with E-state index in [-0.39, 0.29) is 0 Å². The highest BCUT2D eigenvalue weighted by Gasteiger charge is 2.14. The van der Waals surface area contributed by atoms with Gasteiger partial charge in [0.1, 0.15) is 0 Å². The van der Waals surface area contributed by atoms with Gasteiger partial charge in [0.05, 0.1) is 23.6 Å². The van der Waals surface area contributed by atoms with Crippen molar-refractivity contribution in [2.45, 2.75) is 20.4 Å². The van der Waals surface area contributed by atoms with Gasteiger partial charge in [0.2, 0.25) is 0 Å². The molecule has 1 aromatic heterocycles. The Hall–Kier alpha value is -2.89. The largest absolute Gasteiger partial charge is 0.332 e. The third-order valence-electron chi connectivity index (χ3n) is 4.92. The number of halogens is 1. The van der Waals surface area contributed by atoms with Crippen molar-refractivity contribution in [3.8, 4) is 0 Å². The van der Waals surface area contributed by atoms with Gasteiger partial charge in [-0.05, 0) is 66.7 Å². The van der Waals surface area contributed by atoms with Crippen molar-refractivity contribution in [2.75, 3.05) is 10.6 Å². The number of aryl methyl sites for hydroxylation is 1. The molecule has 6 heteroatoms. The van der Waals surface area contributed by atoms with Gasteiger partial charge >= 0.3 is 0 Å². The Balaban J connectivity index is 1.54. The van der Waals surface area contributed by atoms with Crippen molar-refractivity contribution in [3.63, 3.8) is 0 Å². The normalized spacial score (nSPS) is 10.9. The number of aromatic nitrogens is 2. The molecule has 0 aliphatic carbocycles. The molecular weight excluding hydrogens is 400 g/mol. The quantitative estimate of drug-likeness (QED) is 0.388. The first kappa shape index (κ1) is 19.4. The summed E-state index contributed by atoms with van der Waals surface area (Å²) in [6.45, 7) is 4.74. The summed E-state index contributed by atoms with van der Waals surface area (Å²) < 4.78 is 2.02. The fraction of sp³-hybridized carbons (Fsp3) is 0.130. The predicted molar refractivity (Wildman–Crippen MR) is 126 cm³/mol. The molecule has 1 heterocycles. The van der Waals surface area contributed by atoms with Crippen LogP contribution in [0.4, 0.5) is 11.4 Å².